The lowest BCUT2D eigenvalue weighted by Gasteiger charge is -2.33. The van der Waals surface area contributed by atoms with Gasteiger partial charge < -0.3 is 14.4 Å². The largest absolute Gasteiger partial charge is 0.385 e. The second-order valence-corrected chi connectivity index (χ2v) is 6.03. The molecule has 1 aliphatic heterocycles. The van der Waals surface area contributed by atoms with Gasteiger partial charge in [-0.2, -0.15) is 0 Å². The molecule has 0 aromatic heterocycles. The number of ether oxygens (including phenoxy) is 2. The predicted molar refractivity (Wildman–Crippen MR) is 87.1 cm³/mol. The van der Waals surface area contributed by atoms with E-state index in [1.54, 1.807) is 7.11 Å². The van der Waals surface area contributed by atoms with E-state index in [-0.39, 0.29) is 12.0 Å². The molecule has 0 aliphatic carbocycles. The molecule has 1 saturated heterocycles. The number of nitrogens with zero attached hydrogens (tertiary/aromatic N) is 1. The number of morpholine rings is 1. The highest BCUT2D eigenvalue weighted by atomic mass is 16.5. The van der Waals surface area contributed by atoms with Gasteiger partial charge in [-0.05, 0) is 43.4 Å². The zero-order chi connectivity index (χ0) is 15.9. The number of hydrogen-bond donors (Lipinski definition) is 0. The van der Waals surface area contributed by atoms with Crippen LogP contribution in [0.4, 0.5) is 0 Å². The number of aryl methyl sites for hydroxylation is 3. The maximum absolute atomic E-state index is 12.4. The topological polar surface area (TPSA) is 38.8 Å². The van der Waals surface area contributed by atoms with Gasteiger partial charge in [0, 0.05) is 33.2 Å². The maximum atomic E-state index is 12.4. The molecular weight excluding hydrogens is 278 g/mol. The van der Waals surface area contributed by atoms with Crippen molar-refractivity contribution in [2.24, 2.45) is 0 Å². The summed E-state index contributed by atoms with van der Waals surface area (Å²) < 4.78 is 10.8. The van der Waals surface area contributed by atoms with Crippen molar-refractivity contribution in [3.05, 3.63) is 34.9 Å². The summed E-state index contributed by atoms with van der Waals surface area (Å²) in [7, 11) is 1.69. The molecule has 1 heterocycles. The standard InChI is InChI=1S/C18H27NO3/c1-14-4-5-16(12-15(14)2)6-7-18(20)19-9-11-22-17(13-19)8-10-21-3/h4-5,12,17H,6-11,13H2,1-3H3/t17-/m0/s1. The second kappa shape index (κ2) is 8.30. The summed E-state index contributed by atoms with van der Waals surface area (Å²) in [5.74, 6) is 0.226. The molecule has 0 bridgehead atoms. The van der Waals surface area contributed by atoms with Gasteiger partial charge in [0.25, 0.3) is 0 Å². The molecule has 0 unspecified atom stereocenters. The van der Waals surface area contributed by atoms with E-state index in [2.05, 4.69) is 32.0 Å². The minimum absolute atomic E-state index is 0.110. The quantitative estimate of drug-likeness (QED) is 0.810. The van der Waals surface area contributed by atoms with E-state index in [1.807, 2.05) is 4.90 Å². The fourth-order valence-electron chi connectivity index (χ4n) is 2.74. The summed E-state index contributed by atoms with van der Waals surface area (Å²) in [4.78, 5) is 14.3. The number of amides is 1. The van der Waals surface area contributed by atoms with E-state index < -0.39 is 0 Å². The first-order valence-electron chi connectivity index (χ1n) is 8.04. The molecule has 122 valence electrons. The Bertz CT molecular complexity index is 501. The van der Waals surface area contributed by atoms with E-state index in [0.29, 0.717) is 32.7 Å². The third-order valence-electron chi connectivity index (χ3n) is 4.33. The summed E-state index contributed by atoms with van der Waals surface area (Å²) in [5.41, 5.74) is 3.82. The van der Waals surface area contributed by atoms with Crippen LogP contribution in [-0.4, -0.2) is 50.3 Å². The highest BCUT2D eigenvalue weighted by Gasteiger charge is 2.23. The molecule has 0 N–H and O–H groups in total. The molecule has 0 radical (unpaired) electrons. The van der Waals surface area contributed by atoms with Gasteiger partial charge in [0.2, 0.25) is 5.91 Å². The smallest absolute Gasteiger partial charge is 0.223 e. The first-order valence-corrected chi connectivity index (χ1v) is 8.04. The predicted octanol–water partition coefficient (Wildman–Crippen LogP) is 2.50. The van der Waals surface area contributed by atoms with Gasteiger partial charge >= 0.3 is 0 Å². The molecule has 0 saturated carbocycles. The highest BCUT2D eigenvalue weighted by Crippen LogP contribution is 2.14. The van der Waals surface area contributed by atoms with Crippen LogP contribution >= 0.6 is 0 Å². The number of benzene rings is 1. The Labute approximate surface area is 133 Å². The molecule has 1 aromatic rings. The molecule has 4 heteroatoms. The molecule has 22 heavy (non-hydrogen) atoms. The van der Waals surface area contributed by atoms with Crippen LogP contribution in [0.15, 0.2) is 18.2 Å². The molecule has 1 fully saturated rings. The van der Waals surface area contributed by atoms with E-state index in [9.17, 15) is 4.79 Å². The van der Waals surface area contributed by atoms with Crippen LogP contribution in [-0.2, 0) is 20.7 Å². The molecule has 4 nitrogen and oxygen atoms in total. The van der Waals surface area contributed by atoms with Crippen molar-refractivity contribution in [1.82, 2.24) is 4.90 Å². The lowest BCUT2D eigenvalue weighted by atomic mass is 10.0. The van der Waals surface area contributed by atoms with Crippen LogP contribution in [0.3, 0.4) is 0 Å². The van der Waals surface area contributed by atoms with Gasteiger partial charge in [-0.1, -0.05) is 18.2 Å². The van der Waals surface area contributed by atoms with Crippen molar-refractivity contribution in [3.8, 4) is 0 Å². The van der Waals surface area contributed by atoms with Crippen molar-refractivity contribution in [2.75, 3.05) is 33.4 Å². The van der Waals surface area contributed by atoms with Crippen LogP contribution in [0.2, 0.25) is 0 Å². The fraction of sp³-hybridized carbons (Fsp3) is 0.611. The minimum Gasteiger partial charge on any atom is -0.385 e. The normalized spacial score (nSPS) is 18.5. The van der Waals surface area contributed by atoms with Crippen molar-refractivity contribution in [2.45, 2.75) is 39.2 Å². The monoisotopic (exact) mass is 305 g/mol. The molecular formula is C18H27NO3. The van der Waals surface area contributed by atoms with Crippen LogP contribution < -0.4 is 0 Å². The van der Waals surface area contributed by atoms with Gasteiger partial charge in [-0.3, -0.25) is 4.79 Å². The number of rotatable bonds is 6. The molecule has 1 amide bonds. The van der Waals surface area contributed by atoms with Gasteiger partial charge in [-0.25, -0.2) is 0 Å². The Balaban J connectivity index is 1.82. The third kappa shape index (κ3) is 4.82. The minimum atomic E-state index is 0.110. The maximum Gasteiger partial charge on any atom is 0.223 e. The SMILES string of the molecule is COCC[C@H]1CN(C(=O)CCc2ccc(C)c(C)c2)CCO1. The van der Waals surface area contributed by atoms with Crippen molar-refractivity contribution >= 4 is 5.91 Å². The van der Waals surface area contributed by atoms with Gasteiger partial charge in [0.05, 0.1) is 12.7 Å². The van der Waals surface area contributed by atoms with E-state index in [4.69, 9.17) is 9.47 Å². The zero-order valence-corrected chi connectivity index (χ0v) is 13.9. The summed E-state index contributed by atoms with van der Waals surface area (Å²) >= 11 is 0. The van der Waals surface area contributed by atoms with Crippen molar-refractivity contribution < 1.29 is 14.3 Å². The Morgan fingerprint density at radius 2 is 2.18 bits per heavy atom. The second-order valence-electron chi connectivity index (χ2n) is 6.03. The lowest BCUT2D eigenvalue weighted by Crippen LogP contribution is -2.46. The first-order chi connectivity index (χ1) is 10.6. The van der Waals surface area contributed by atoms with E-state index >= 15 is 0 Å². The summed E-state index contributed by atoms with van der Waals surface area (Å²) in [6.07, 6.45) is 2.33. The third-order valence-corrected chi connectivity index (χ3v) is 4.33. The van der Waals surface area contributed by atoms with Crippen molar-refractivity contribution in [1.29, 1.82) is 0 Å². The van der Waals surface area contributed by atoms with Gasteiger partial charge in [0.1, 0.15) is 0 Å². The Morgan fingerprint density at radius 3 is 2.91 bits per heavy atom. The zero-order valence-electron chi connectivity index (χ0n) is 13.9. The van der Waals surface area contributed by atoms with Crippen LogP contribution in [0, 0.1) is 13.8 Å². The highest BCUT2D eigenvalue weighted by molar-refractivity contribution is 5.76. The van der Waals surface area contributed by atoms with Crippen LogP contribution in [0.5, 0.6) is 0 Å². The molecule has 0 spiro atoms. The van der Waals surface area contributed by atoms with Crippen molar-refractivity contribution in [3.63, 3.8) is 0 Å². The molecule has 1 atom stereocenters. The Kier molecular flexibility index (Phi) is 6.40. The van der Waals surface area contributed by atoms with E-state index in [1.165, 1.54) is 16.7 Å². The number of carbonyl (C=O) groups is 1. The average molecular weight is 305 g/mol. The van der Waals surface area contributed by atoms with Crippen LogP contribution in [0.1, 0.15) is 29.5 Å². The number of hydrogen-bond acceptors (Lipinski definition) is 3. The number of methoxy groups -OCH3 is 1. The fourth-order valence-corrected chi connectivity index (χ4v) is 2.74. The van der Waals surface area contributed by atoms with Gasteiger partial charge in [-0.15, -0.1) is 0 Å². The lowest BCUT2D eigenvalue weighted by molar-refractivity contribution is -0.139. The Hall–Kier alpha value is -1.39. The molecule has 1 aliphatic rings. The summed E-state index contributed by atoms with van der Waals surface area (Å²) in [6.45, 7) is 6.92. The summed E-state index contributed by atoms with van der Waals surface area (Å²) in [5, 5.41) is 0. The van der Waals surface area contributed by atoms with Gasteiger partial charge in [0.15, 0.2) is 0 Å². The van der Waals surface area contributed by atoms with Crippen LogP contribution in [0.25, 0.3) is 0 Å². The summed E-state index contributed by atoms with van der Waals surface area (Å²) in [6, 6.07) is 6.43. The number of carbonyl (C=O) groups excluding carboxylic acids is 1. The first kappa shape index (κ1) is 17.0. The molecule has 1 aromatic carbocycles. The Morgan fingerprint density at radius 1 is 1.36 bits per heavy atom. The average Bonchev–Trinajstić information content (AvgIpc) is 2.54. The molecule has 2 rings (SSSR count). The van der Waals surface area contributed by atoms with E-state index in [0.717, 1.165) is 12.8 Å².